The van der Waals surface area contributed by atoms with E-state index >= 15 is 0 Å². The van der Waals surface area contributed by atoms with Crippen LogP contribution in [0.5, 0.6) is 0 Å². The van der Waals surface area contributed by atoms with Crippen LogP contribution in [0.2, 0.25) is 0 Å². The van der Waals surface area contributed by atoms with Crippen molar-refractivity contribution in [2.75, 3.05) is 0 Å². The molecule has 0 bridgehead atoms. The van der Waals surface area contributed by atoms with Crippen molar-refractivity contribution in [3.63, 3.8) is 0 Å². The van der Waals surface area contributed by atoms with Crippen LogP contribution in [0.3, 0.4) is 0 Å². The highest BCUT2D eigenvalue weighted by Crippen LogP contribution is 1.84. The second kappa shape index (κ2) is 3.29. The molecule has 0 saturated carbocycles. The van der Waals surface area contributed by atoms with Gasteiger partial charge >= 0.3 is 11.8 Å². The van der Waals surface area contributed by atoms with E-state index in [1.807, 2.05) is 0 Å². The van der Waals surface area contributed by atoms with Crippen LogP contribution in [0.15, 0.2) is 0 Å². The van der Waals surface area contributed by atoms with Crippen LogP contribution in [0.25, 0.3) is 0 Å². The van der Waals surface area contributed by atoms with E-state index in [1.165, 1.54) is 6.92 Å². The molecule has 0 heterocycles. The van der Waals surface area contributed by atoms with Crippen molar-refractivity contribution in [3.8, 4) is 0 Å². The molecule has 2 amide bonds. The second-order valence-electron chi connectivity index (χ2n) is 1.45. The first-order chi connectivity index (χ1) is 4.04. The molecular weight excluding hydrogens is 144 g/mol. The summed E-state index contributed by atoms with van der Waals surface area (Å²) in [6.07, 6.45) is 0. The summed E-state index contributed by atoms with van der Waals surface area (Å²) >= 11 is 5.28. The SMILES string of the molecule is CC(Cl)NC(=O)C(N)=O. The summed E-state index contributed by atoms with van der Waals surface area (Å²) in [4.78, 5) is 20.3. The molecule has 3 N–H and O–H groups in total. The lowest BCUT2D eigenvalue weighted by Crippen LogP contribution is -2.38. The van der Waals surface area contributed by atoms with Gasteiger partial charge in [-0.1, -0.05) is 11.6 Å². The van der Waals surface area contributed by atoms with Gasteiger partial charge in [0.05, 0.1) is 0 Å². The fourth-order valence-corrected chi connectivity index (χ4v) is 0.351. The van der Waals surface area contributed by atoms with Gasteiger partial charge in [0.15, 0.2) is 0 Å². The number of hydrogen-bond donors (Lipinski definition) is 2. The zero-order chi connectivity index (χ0) is 7.44. The maximum Gasteiger partial charge on any atom is 0.310 e. The molecule has 52 valence electrons. The summed E-state index contributed by atoms with van der Waals surface area (Å²) in [5.41, 5.74) is 4.01. The van der Waals surface area contributed by atoms with Gasteiger partial charge < -0.3 is 11.1 Å². The highest BCUT2D eigenvalue weighted by Gasteiger charge is 2.08. The van der Waals surface area contributed by atoms with E-state index in [1.54, 1.807) is 0 Å². The largest absolute Gasteiger partial charge is 0.361 e. The van der Waals surface area contributed by atoms with Crippen LogP contribution >= 0.6 is 11.6 Å². The number of nitrogens with two attached hydrogens (primary N) is 1. The number of alkyl halides is 1. The monoisotopic (exact) mass is 150 g/mol. The lowest BCUT2D eigenvalue weighted by atomic mass is 10.5. The van der Waals surface area contributed by atoms with E-state index in [0.717, 1.165) is 0 Å². The van der Waals surface area contributed by atoms with Crippen molar-refractivity contribution < 1.29 is 9.59 Å². The Balaban J connectivity index is 3.65. The van der Waals surface area contributed by atoms with Crippen molar-refractivity contribution in [1.82, 2.24) is 5.32 Å². The molecule has 4 nitrogen and oxygen atoms in total. The van der Waals surface area contributed by atoms with Gasteiger partial charge in [0.1, 0.15) is 5.50 Å². The molecule has 0 fully saturated rings. The standard InChI is InChI=1S/C4H7ClN2O2/c1-2(5)7-4(9)3(6)8/h2H,1H3,(H2,6,8)(H,7,9). The van der Waals surface area contributed by atoms with Crippen molar-refractivity contribution in [3.05, 3.63) is 0 Å². The Morgan fingerprint density at radius 1 is 1.67 bits per heavy atom. The van der Waals surface area contributed by atoms with Crippen LogP contribution in [0, 0.1) is 0 Å². The van der Waals surface area contributed by atoms with Crippen LogP contribution in [0.1, 0.15) is 6.92 Å². The fourth-order valence-electron chi connectivity index (χ4n) is 0.252. The first-order valence-electron chi connectivity index (χ1n) is 2.28. The first kappa shape index (κ1) is 8.23. The fraction of sp³-hybridized carbons (Fsp3) is 0.500. The van der Waals surface area contributed by atoms with E-state index < -0.39 is 17.3 Å². The minimum absolute atomic E-state index is 0.565. The molecule has 0 radical (unpaired) electrons. The van der Waals surface area contributed by atoms with Gasteiger partial charge in [-0.05, 0) is 6.92 Å². The average molecular weight is 151 g/mol. The third-order valence-electron chi connectivity index (χ3n) is 0.554. The predicted octanol–water partition coefficient (Wildman–Crippen LogP) is -0.827. The Hall–Kier alpha value is -0.770. The zero-order valence-electron chi connectivity index (χ0n) is 4.85. The Bertz CT molecular complexity index is 135. The molecule has 0 saturated heterocycles. The topological polar surface area (TPSA) is 72.2 Å². The highest BCUT2D eigenvalue weighted by atomic mass is 35.5. The molecule has 9 heavy (non-hydrogen) atoms. The number of amides is 2. The van der Waals surface area contributed by atoms with E-state index in [9.17, 15) is 9.59 Å². The van der Waals surface area contributed by atoms with Gasteiger partial charge in [0, 0.05) is 0 Å². The minimum Gasteiger partial charge on any atom is -0.361 e. The average Bonchev–Trinajstić information content (AvgIpc) is 1.63. The maximum atomic E-state index is 10.3. The van der Waals surface area contributed by atoms with Crippen LogP contribution in [0.4, 0.5) is 0 Å². The third-order valence-corrected chi connectivity index (χ3v) is 0.663. The summed E-state index contributed by atoms with van der Waals surface area (Å²) in [6, 6.07) is 0. The number of hydrogen-bond acceptors (Lipinski definition) is 2. The number of primary amides is 1. The number of rotatable bonds is 1. The van der Waals surface area contributed by atoms with Crippen LogP contribution < -0.4 is 11.1 Å². The molecule has 1 unspecified atom stereocenters. The van der Waals surface area contributed by atoms with Gasteiger partial charge in [-0.3, -0.25) is 9.59 Å². The second-order valence-corrected chi connectivity index (χ2v) is 2.11. The quantitative estimate of drug-likeness (QED) is 0.291. The van der Waals surface area contributed by atoms with E-state index in [4.69, 9.17) is 11.6 Å². The molecule has 1 atom stereocenters. The molecule has 5 heteroatoms. The van der Waals surface area contributed by atoms with E-state index in [2.05, 4.69) is 11.1 Å². The van der Waals surface area contributed by atoms with Gasteiger partial charge in [0.2, 0.25) is 0 Å². The van der Waals surface area contributed by atoms with Crippen LogP contribution in [-0.4, -0.2) is 17.3 Å². The molecule has 0 aromatic heterocycles. The number of halogens is 1. The molecule has 0 rings (SSSR count). The number of nitrogens with one attached hydrogen (secondary N) is 1. The molecule has 0 aliphatic heterocycles. The Labute approximate surface area is 57.4 Å². The lowest BCUT2D eigenvalue weighted by Gasteiger charge is -2.01. The molecule has 0 aliphatic rings. The maximum absolute atomic E-state index is 10.3. The summed E-state index contributed by atoms with van der Waals surface area (Å²) in [5.74, 6) is -1.89. The van der Waals surface area contributed by atoms with Gasteiger partial charge in [-0.15, -0.1) is 0 Å². The van der Waals surface area contributed by atoms with Crippen molar-refractivity contribution in [1.29, 1.82) is 0 Å². The Morgan fingerprint density at radius 2 is 2.11 bits per heavy atom. The summed E-state index contributed by atoms with van der Waals surface area (Å²) in [6.45, 7) is 1.52. The lowest BCUT2D eigenvalue weighted by molar-refractivity contribution is -0.137. The van der Waals surface area contributed by atoms with E-state index in [0.29, 0.717) is 0 Å². The van der Waals surface area contributed by atoms with E-state index in [-0.39, 0.29) is 0 Å². The minimum atomic E-state index is -1.03. The van der Waals surface area contributed by atoms with Gasteiger partial charge in [-0.2, -0.15) is 0 Å². The zero-order valence-corrected chi connectivity index (χ0v) is 5.61. The van der Waals surface area contributed by atoms with Crippen LogP contribution in [-0.2, 0) is 9.59 Å². The first-order valence-corrected chi connectivity index (χ1v) is 2.72. The highest BCUT2D eigenvalue weighted by molar-refractivity contribution is 6.36. The summed E-state index contributed by atoms with van der Waals surface area (Å²) in [7, 11) is 0. The Morgan fingerprint density at radius 3 is 2.22 bits per heavy atom. The molecule has 0 aromatic rings. The number of carbonyl (C=O) groups excluding carboxylic acids is 2. The Kier molecular flexibility index (Phi) is 3.01. The molecule has 0 spiro atoms. The molecule has 0 aromatic carbocycles. The number of carbonyl (C=O) groups is 2. The van der Waals surface area contributed by atoms with Crippen molar-refractivity contribution in [2.45, 2.75) is 12.4 Å². The van der Waals surface area contributed by atoms with Crippen molar-refractivity contribution >= 4 is 23.4 Å². The molecular formula is C4H7ClN2O2. The normalized spacial score (nSPS) is 12.2. The predicted molar refractivity (Wildman–Crippen MR) is 32.7 cm³/mol. The van der Waals surface area contributed by atoms with Gasteiger partial charge in [0.25, 0.3) is 0 Å². The summed E-state index contributed by atoms with van der Waals surface area (Å²) in [5, 5.41) is 2.09. The molecule has 0 aliphatic carbocycles. The third kappa shape index (κ3) is 3.78. The van der Waals surface area contributed by atoms with Gasteiger partial charge in [-0.25, -0.2) is 0 Å². The van der Waals surface area contributed by atoms with Crippen molar-refractivity contribution in [2.24, 2.45) is 5.73 Å². The summed E-state index contributed by atoms with van der Waals surface area (Å²) < 4.78 is 0. The smallest absolute Gasteiger partial charge is 0.310 e.